The van der Waals surface area contributed by atoms with E-state index < -0.39 is 5.97 Å². The summed E-state index contributed by atoms with van der Waals surface area (Å²) in [7, 11) is 0. The van der Waals surface area contributed by atoms with Gasteiger partial charge in [0.25, 0.3) is 0 Å². The minimum absolute atomic E-state index is 0.0428. The van der Waals surface area contributed by atoms with Gasteiger partial charge in [0.15, 0.2) is 5.69 Å². The highest BCUT2D eigenvalue weighted by Gasteiger charge is 2.20. The standard InChI is InChI=1S/C19H11Br2N3O2/c20-13-8-12-9-15(11-4-2-1-3-5-11)24(18(12)22-10-13)14-6-7-16(21)23-17(14)19(25)26/h1-10H,(H,25,26). The van der Waals surface area contributed by atoms with Crippen molar-refractivity contribution in [2.45, 2.75) is 0 Å². The maximum atomic E-state index is 11.8. The summed E-state index contributed by atoms with van der Waals surface area (Å²) < 4.78 is 3.15. The fourth-order valence-electron chi connectivity index (χ4n) is 2.90. The molecule has 0 radical (unpaired) electrons. The van der Waals surface area contributed by atoms with Gasteiger partial charge in [0.1, 0.15) is 10.3 Å². The molecule has 0 aliphatic carbocycles. The highest BCUT2D eigenvalue weighted by atomic mass is 79.9. The predicted octanol–water partition coefficient (Wildman–Crippen LogP) is 5.31. The van der Waals surface area contributed by atoms with E-state index in [0.717, 1.165) is 21.1 Å². The molecule has 4 rings (SSSR count). The predicted molar refractivity (Wildman–Crippen MR) is 107 cm³/mol. The van der Waals surface area contributed by atoms with Crippen molar-refractivity contribution in [3.63, 3.8) is 0 Å². The minimum atomic E-state index is -1.10. The third-order valence-electron chi connectivity index (χ3n) is 3.96. The van der Waals surface area contributed by atoms with Crippen molar-refractivity contribution in [3.8, 4) is 16.9 Å². The molecule has 0 saturated heterocycles. The monoisotopic (exact) mass is 471 g/mol. The molecule has 26 heavy (non-hydrogen) atoms. The third kappa shape index (κ3) is 2.93. The van der Waals surface area contributed by atoms with Crippen molar-refractivity contribution >= 4 is 48.9 Å². The fourth-order valence-corrected chi connectivity index (χ4v) is 3.56. The molecule has 0 aliphatic rings. The van der Waals surface area contributed by atoms with Gasteiger partial charge in [-0.2, -0.15) is 0 Å². The van der Waals surface area contributed by atoms with Crippen LogP contribution < -0.4 is 0 Å². The molecule has 0 fully saturated rings. The molecule has 128 valence electrons. The summed E-state index contributed by atoms with van der Waals surface area (Å²) in [6.45, 7) is 0. The van der Waals surface area contributed by atoms with E-state index in [2.05, 4.69) is 41.8 Å². The number of pyridine rings is 2. The van der Waals surface area contributed by atoms with E-state index in [1.54, 1.807) is 18.3 Å². The van der Waals surface area contributed by atoms with E-state index in [-0.39, 0.29) is 5.69 Å². The number of fused-ring (bicyclic) bond motifs is 1. The zero-order chi connectivity index (χ0) is 18.3. The van der Waals surface area contributed by atoms with Crippen LogP contribution in [0.2, 0.25) is 0 Å². The molecule has 0 bridgehead atoms. The lowest BCUT2D eigenvalue weighted by Crippen LogP contribution is -2.09. The van der Waals surface area contributed by atoms with Crippen LogP contribution in [-0.4, -0.2) is 25.6 Å². The fraction of sp³-hybridized carbons (Fsp3) is 0. The normalized spacial score (nSPS) is 11.0. The second kappa shape index (κ2) is 6.66. The van der Waals surface area contributed by atoms with Crippen LogP contribution in [0.3, 0.4) is 0 Å². The lowest BCUT2D eigenvalue weighted by atomic mass is 10.1. The van der Waals surface area contributed by atoms with Crippen molar-refractivity contribution in [1.29, 1.82) is 0 Å². The van der Waals surface area contributed by atoms with Gasteiger partial charge in [-0.05, 0) is 61.7 Å². The van der Waals surface area contributed by atoms with Gasteiger partial charge in [-0.15, -0.1) is 0 Å². The number of hydrogen-bond acceptors (Lipinski definition) is 3. The number of nitrogens with zero attached hydrogens (tertiary/aromatic N) is 3. The second-order valence-electron chi connectivity index (χ2n) is 5.60. The molecule has 0 atom stereocenters. The second-order valence-corrected chi connectivity index (χ2v) is 7.33. The van der Waals surface area contributed by atoms with Crippen LogP contribution in [0.1, 0.15) is 10.5 Å². The Hall–Kier alpha value is -2.51. The van der Waals surface area contributed by atoms with Crippen LogP contribution in [0.25, 0.3) is 28.0 Å². The Labute approximate surface area is 165 Å². The smallest absolute Gasteiger partial charge is 0.356 e. The first-order valence-electron chi connectivity index (χ1n) is 7.67. The SMILES string of the molecule is O=C(O)c1nc(Br)ccc1-n1c(-c2ccccc2)cc2cc(Br)cnc21. The van der Waals surface area contributed by atoms with Gasteiger partial charge in [0, 0.05) is 16.1 Å². The van der Waals surface area contributed by atoms with Gasteiger partial charge in [-0.3, -0.25) is 4.57 Å². The summed E-state index contributed by atoms with van der Waals surface area (Å²) in [5.41, 5.74) is 2.89. The van der Waals surface area contributed by atoms with Crippen LogP contribution in [-0.2, 0) is 0 Å². The zero-order valence-electron chi connectivity index (χ0n) is 13.2. The topological polar surface area (TPSA) is 68.0 Å². The number of aromatic carboxylic acids is 1. The molecule has 3 heterocycles. The average Bonchev–Trinajstić information content (AvgIpc) is 3.00. The molecule has 0 spiro atoms. The summed E-state index contributed by atoms with van der Waals surface area (Å²) >= 11 is 6.69. The number of benzene rings is 1. The highest BCUT2D eigenvalue weighted by Crippen LogP contribution is 2.33. The molecular weight excluding hydrogens is 462 g/mol. The molecule has 4 aromatic rings. The van der Waals surface area contributed by atoms with Crippen LogP contribution in [0.15, 0.2) is 69.9 Å². The Morgan fingerprint density at radius 3 is 2.54 bits per heavy atom. The van der Waals surface area contributed by atoms with Gasteiger partial charge < -0.3 is 5.11 Å². The highest BCUT2D eigenvalue weighted by molar-refractivity contribution is 9.10. The van der Waals surface area contributed by atoms with Crippen LogP contribution in [0.4, 0.5) is 0 Å². The molecule has 3 aromatic heterocycles. The first-order chi connectivity index (χ1) is 12.5. The number of carbonyl (C=O) groups is 1. The van der Waals surface area contributed by atoms with Crippen LogP contribution >= 0.6 is 31.9 Å². The summed E-state index contributed by atoms with van der Waals surface area (Å²) in [4.78, 5) is 20.4. The number of carboxylic acids is 1. The van der Waals surface area contributed by atoms with E-state index in [0.29, 0.717) is 15.9 Å². The molecule has 0 amide bonds. The summed E-state index contributed by atoms with van der Waals surface area (Å²) in [6, 6.07) is 17.2. The molecule has 0 saturated carbocycles. The lowest BCUT2D eigenvalue weighted by molar-refractivity contribution is 0.0690. The van der Waals surface area contributed by atoms with Crippen LogP contribution in [0.5, 0.6) is 0 Å². The molecular formula is C19H11Br2N3O2. The number of rotatable bonds is 3. The average molecular weight is 473 g/mol. The maximum Gasteiger partial charge on any atom is 0.356 e. The Morgan fingerprint density at radius 1 is 1.04 bits per heavy atom. The van der Waals surface area contributed by atoms with E-state index >= 15 is 0 Å². The first-order valence-corrected chi connectivity index (χ1v) is 9.26. The Morgan fingerprint density at radius 2 is 1.81 bits per heavy atom. The maximum absolute atomic E-state index is 11.8. The zero-order valence-corrected chi connectivity index (χ0v) is 16.4. The lowest BCUT2D eigenvalue weighted by Gasteiger charge is -2.13. The number of carboxylic acid groups (broad SMARTS) is 1. The quantitative estimate of drug-likeness (QED) is 0.410. The molecule has 1 aromatic carbocycles. The number of hydrogen-bond donors (Lipinski definition) is 1. The molecule has 0 aliphatic heterocycles. The third-order valence-corrected chi connectivity index (χ3v) is 4.84. The van der Waals surface area contributed by atoms with E-state index in [1.165, 1.54) is 0 Å². The summed E-state index contributed by atoms with van der Waals surface area (Å²) in [5, 5.41) is 10.5. The van der Waals surface area contributed by atoms with Gasteiger partial charge in [0.05, 0.1) is 11.4 Å². The molecule has 1 N–H and O–H groups in total. The van der Waals surface area contributed by atoms with Gasteiger partial charge in [-0.1, -0.05) is 30.3 Å². The van der Waals surface area contributed by atoms with Gasteiger partial charge in [0.2, 0.25) is 0 Å². The van der Waals surface area contributed by atoms with Gasteiger partial charge in [-0.25, -0.2) is 14.8 Å². The van der Waals surface area contributed by atoms with E-state index in [9.17, 15) is 9.90 Å². The molecule has 5 nitrogen and oxygen atoms in total. The van der Waals surface area contributed by atoms with Crippen molar-refractivity contribution in [2.75, 3.05) is 0 Å². The van der Waals surface area contributed by atoms with E-state index in [4.69, 9.17) is 0 Å². The summed E-state index contributed by atoms with van der Waals surface area (Å²) in [6.07, 6.45) is 1.69. The number of aromatic nitrogens is 3. The van der Waals surface area contributed by atoms with Crippen LogP contribution in [0, 0.1) is 0 Å². The van der Waals surface area contributed by atoms with Crippen molar-refractivity contribution in [1.82, 2.24) is 14.5 Å². The Bertz CT molecular complexity index is 1140. The van der Waals surface area contributed by atoms with E-state index in [1.807, 2.05) is 47.0 Å². The Balaban J connectivity index is 2.11. The molecule has 7 heteroatoms. The number of halogens is 2. The largest absolute Gasteiger partial charge is 0.476 e. The van der Waals surface area contributed by atoms with Crippen molar-refractivity contribution in [3.05, 3.63) is 75.6 Å². The Kier molecular flexibility index (Phi) is 4.34. The summed E-state index contributed by atoms with van der Waals surface area (Å²) in [5.74, 6) is -1.10. The minimum Gasteiger partial charge on any atom is -0.476 e. The van der Waals surface area contributed by atoms with Crippen molar-refractivity contribution < 1.29 is 9.90 Å². The van der Waals surface area contributed by atoms with Gasteiger partial charge >= 0.3 is 5.97 Å². The van der Waals surface area contributed by atoms with Crippen molar-refractivity contribution in [2.24, 2.45) is 0 Å². The molecule has 0 unspecified atom stereocenters. The first kappa shape index (κ1) is 16.9.